The van der Waals surface area contributed by atoms with Gasteiger partial charge in [-0.25, -0.2) is 9.79 Å². The molecule has 2 aromatic rings. The van der Waals surface area contributed by atoms with Gasteiger partial charge in [-0.2, -0.15) is 0 Å². The third-order valence-corrected chi connectivity index (χ3v) is 4.93. The normalized spacial score (nSPS) is 16.8. The predicted octanol–water partition coefficient (Wildman–Crippen LogP) is 3.40. The number of ether oxygens (including phenoxy) is 1. The van der Waals surface area contributed by atoms with Gasteiger partial charge in [0.25, 0.3) is 5.91 Å². The molecule has 0 unspecified atom stereocenters. The number of phenolic OH excluding ortho intramolecular Hbond substituents is 1. The fourth-order valence-electron chi connectivity index (χ4n) is 2.47. The van der Waals surface area contributed by atoms with E-state index in [0.717, 1.165) is 5.56 Å². The lowest BCUT2D eigenvalue weighted by atomic mass is 10.2. The van der Waals surface area contributed by atoms with Crippen LogP contribution in [-0.2, 0) is 9.59 Å². The first-order valence-electron chi connectivity index (χ1n) is 8.34. The number of carboxylic acids is 1. The van der Waals surface area contributed by atoms with Gasteiger partial charge in [-0.05, 0) is 60.2 Å². The highest BCUT2D eigenvalue weighted by atomic mass is 32.2. The summed E-state index contributed by atoms with van der Waals surface area (Å²) in [5.74, 6) is -0.826. The molecule has 1 aliphatic rings. The van der Waals surface area contributed by atoms with Crippen molar-refractivity contribution in [3.05, 3.63) is 58.5 Å². The SMILES string of the molecule is Cc1ccc(N=C2S/C(=C\c3cccc(OCC(=O)O)c3)C(=O)N2C)c(O)c1. The Morgan fingerprint density at radius 3 is 2.79 bits per heavy atom. The van der Waals surface area contributed by atoms with E-state index >= 15 is 0 Å². The first-order chi connectivity index (χ1) is 13.3. The van der Waals surface area contributed by atoms with Crippen molar-refractivity contribution < 1.29 is 24.5 Å². The molecule has 0 aliphatic carbocycles. The minimum atomic E-state index is -1.06. The fraction of sp³-hybridized carbons (Fsp3) is 0.150. The maximum absolute atomic E-state index is 12.5. The van der Waals surface area contributed by atoms with E-state index in [9.17, 15) is 14.7 Å². The summed E-state index contributed by atoms with van der Waals surface area (Å²) in [6.45, 7) is 1.43. The van der Waals surface area contributed by atoms with E-state index in [1.807, 2.05) is 13.0 Å². The largest absolute Gasteiger partial charge is 0.506 e. The van der Waals surface area contributed by atoms with Gasteiger partial charge in [0.2, 0.25) is 0 Å². The first kappa shape index (κ1) is 19.5. The van der Waals surface area contributed by atoms with Gasteiger partial charge in [0.1, 0.15) is 17.2 Å². The number of hydrogen-bond acceptors (Lipinski definition) is 6. The summed E-state index contributed by atoms with van der Waals surface area (Å²) in [7, 11) is 1.62. The number of amides is 1. The molecular weight excluding hydrogens is 380 g/mol. The van der Waals surface area contributed by atoms with Crippen LogP contribution in [-0.4, -0.2) is 45.8 Å². The van der Waals surface area contributed by atoms with Crippen LogP contribution in [0.1, 0.15) is 11.1 Å². The van der Waals surface area contributed by atoms with Gasteiger partial charge in [0.15, 0.2) is 11.8 Å². The van der Waals surface area contributed by atoms with E-state index in [0.29, 0.717) is 27.1 Å². The monoisotopic (exact) mass is 398 g/mol. The molecule has 28 heavy (non-hydrogen) atoms. The molecule has 7 nitrogen and oxygen atoms in total. The number of amidine groups is 1. The predicted molar refractivity (Wildman–Crippen MR) is 108 cm³/mol. The maximum Gasteiger partial charge on any atom is 0.341 e. The number of aryl methyl sites for hydroxylation is 1. The second-order valence-electron chi connectivity index (χ2n) is 6.12. The Kier molecular flexibility index (Phi) is 5.70. The third-order valence-electron chi connectivity index (χ3n) is 3.87. The number of benzene rings is 2. The zero-order valence-electron chi connectivity index (χ0n) is 15.2. The molecule has 1 amide bonds. The van der Waals surface area contributed by atoms with E-state index < -0.39 is 12.6 Å². The van der Waals surface area contributed by atoms with Crippen molar-refractivity contribution in [2.75, 3.05) is 13.7 Å². The minimum Gasteiger partial charge on any atom is -0.506 e. The Hall–Kier alpha value is -3.26. The highest BCUT2D eigenvalue weighted by molar-refractivity contribution is 8.18. The number of hydrogen-bond donors (Lipinski definition) is 2. The van der Waals surface area contributed by atoms with E-state index in [2.05, 4.69) is 4.99 Å². The Morgan fingerprint density at radius 1 is 1.29 bits per heavy atom. The number of carbonyl (C=O) groups excluding carboxylic acids is 1. The second kappa shape index (κ2) is 8.18. The number of rotatable bonds is 5. The van der Waals surface area contributed by atoms with E-state index in [4.69, 9.17) is 9.84 Å². The second-order valence-corrected chi connectivity index (χ2v) is 7.13. The number of thioether (sulfide) groups is 1. The molecular formula is C20H18N2O5S. The van der Waals surface area contributed by atoms with Crippen LogP contribution >= 0.6 is 11.8 Å². The molecule has 0 spiro atoms. The highest BCUT2D eigenvalue weighted by Crippen LogP contribution is 2.35. The van der Waals surface area contributed by atoms with Gasteiger partial charge in [0, 0.05) is 7.05 Å². The van der Waals surface area contributed by atoms with Crippen LogP contribution in [0.5, 0.6) is 11.5 Å². The summed E-state index contributed by atoms with van der Waals surface area (Å²) in [6.07, 6.45) is 1.69. The number of likely N-dealkylation sites (N-methyl/N-ethyl adjacent to an activating group) is 1. The van der Waals surface area contributed by atoms with Crippen molar-refractivity contribution in [3.63, 3.8) is 0 Å². The smallest absolute Gasteiger partial charge is 0.341 e. The Morgan fingerprint density at radius 2 is 2.07 bits per heavy atom. The molecule has 0 saturated carbocycles. The molecule has 1 heterocycles. The van der Waals surface area contributed by atoms with E-state index in [-0.39, 0.29) is 11.7 Å². The van der Waals surface area contributed by atoms with Crippen LogP contribution in [0.3, 0.4) is 0 Å². The summed E-state index contributed by atoms with van der Waals surface area (Å²) in [5, 5.41) is 19.2. The van der Waals surface area contributed by atoms with Crippen LogP contribution in [0.25, 0.3) is 6.08 Å². The molecule has 0 bridgehead atoms. The molecule has 2 N–H and O–H groups in total. The summed E-state index contributed by atoms with van der Waals surface area (Å²) in [6, 6.07) is 12.0. The molecule has 0 aromatic heterocycles. The van der Waals surface area contributed by atoms with E-state index in [1.165, 1.54) is 16.7 Å². The number of nitrogens with zero attached hydrogens (tertiary/aromatic N) is 2. The van der Waals surface area contributed by atoms with Crippen molar-refractivity contribution >= 4 is 40.6 Å². The number of aliphatic imine (C=N–C) groups is 1. The van der Waals surface area contributed by atoms with Gasteiger partial charge in [-0.1, -0.05) is 18.2 Å². The van der Waals surface area contributed by atoms with Crippen LogP contribution in [0.4, 0.5) is 5.69 Å². The molecule has 144 valence electrons. The molecule has 2 aromatic carbocycles. The zero-order valence-corrected chi connectivity index (χ0v) is 16.1. The lowest BCUT2D eigenvalue weighted by Crippen LogP contribution is -2.23. The number of phenols is 1. The van der Waals surface area contributed by atoms with Gasteiger partial charge in [-0.3, -0.25) is 9.69 Å². The summed E-state index contributed by atoms with van der Waals surface area (Å²) >= 11 is 1.20. The van der Waals surface area contributed by atoms with Crippen molar-refractivity contribution in [2.45, 2.75) is 6.92 Å². The lowest BCUT2D eigenvalue weighted by Gasteiger charge is -2.08. The Balaban J connectivity index is 1.84. The molecule has 1 saturated heterocycles. The molecule has 0 radical (unpaired) electrons. The summed E-state index contributed by atoms with van der Waals surface area (Å²) < 4.78 is 5.16. The first-order valence-corrected chi connectivity index (χ1v) is 9.15. The number of carboxylic acid groups (broad SMARTS) is 1. The Bertz CT molecular complexity index is 1000. The average Bonchev–Trinajstić information content (AvgIpc) is 2.90. The van der Waals surface area contributed by atoms with Crippen LogP contribution in [0, 0.1) is 6.92 Å². The van der Waals surface area contributed by atoms with Crippen molar-refractivity contribution in [1.29, 1.82) is 0 Å². The van der Waals surface area contributed by atoms with Crippen molar-refractivity contribution in [3.8, 4) is 11.5 Å². The summed E-state index contributed by atoms with van der Waals surface area (Å²) in [5.41, 5.74) is 2.00. The van der Waals surface area contributed by atoms with Crippen LogP contribution in [0.15, 0.2) is 52.4 Å². The highest BCUT2D eigenvalue weighted by Gasteiger charge is 2.30. The topological polar surface area (TPSA) is 99.4 Å². The van der Waals surface area contributed by atoms with E-state index in [1.54, 1.807) is 49.5 Å². The van der Waals surface area contributed by atoms with Crippen LogP contribution in [0.2, 0.25) is 0 Å². The van der Waals surface area contributed by atoms with Gasteiger partial charge >= 0.3 is 5.97 Å². The number of aliphatic carboxylic acids is 1. The number of carbonyl (C=O) groups is 2. The molecule has 8 heteroatoms. The van der Waals surface area contributed by atoms with Gasteiger partial charge < -0.3 is 14.9 Å². The van der Waals surface area contributed by atoms with Gasteiger partial charge in [0.05, 0.1) is 4.91 Å². The molecule has 0 atom stereocenters. The fourth-order valence-corrected chi connectivity index (χ4v) is 3.45. The Labute approximate surface area is 166 Å². The standard InChI is InChI=1S/C20H18N2O5S/c1-12-6-7-15(16(23)8-12)21-20-22(2)19(26)17(28-20)10-13-4-3-5-14(9-13)27-11-18(24)25/h3-10,23H,11H2,1-2H3,(H,24,25)/b17-10-,21-20?. The minimum absolute atomic E-state index is 0.0506. The zero-order chi connectivity index (χ0) is 20.3. The van der Waals surface area contributed by atoms with Crippen molar-refractivity contribution in [1.82, 2.24) is 4.90 Å². The lowest BCUT2D eigenvalue weighted by molar-refractivity contribution is -0.139. The molecule has 1 fully saturated rings. The van der Waals surface area contributed by atoms with Gasteiger partial charge in [-0.15, -0.1) is 0 Å². The number of aromatic hydroxyl groups is 1. The average molecular weight is 398 g/mol. The quantitative estimate of drug-likeness (QED) is 0.749. The molecule has 1 aliphatic heterocycles. The summed E-state index contributed by atoms with van der Waals surface area (Å²) in [4.78, 5) is 29.4. The maximum atomic E-state index is 12.5. The van der Waals surface area contributed by atoms with Crippen molar-refractivity contribution in [2.24, 2.45) is 4.99 Å². The van der Waals surface area contributed by atoms with Crippen LogP contribution < -0.4 is 4.74 Å². The molecule has 3 rings (SSSR count). The third kappa shape index (κ3) is 4.52.